The zero-order chi connectivity index (χ0) is 14.8. The Balaban J connectivity index is 1.72. The molecular weight excluding hydrogens is 260 g/mol. The zero-order valence-corrected chi connectivity index (χ0v) is 13.3. The van der Waals surface area contributed by atoms with Gasteiger partial charge in [-0.05, 0) is 37.1 Å². The van der Waals surface area contributed by atoms with Gasteiger partial charge < -0.3 is 10.6 Å². The maximum atomic E-state index is 6.10. The minimum Gasteiger partial charge on any atom is -0.378 e. The third-order valence-electron chi connectivity index (χ3n) is 5.08. The Morgan fingerprint density at radius 2 is 1.95 bits per heavy atom. The SMILES string of the molecule is CN(C)c1ccc(C(CN)N2CCN3CCCC3C2)cc1. The van der Waals surface area contributed by atoms with Crippen molar-refractivity contribution in [1.29, 1.82) is 0 Å². The first-order valence-corrected chi connectivity index (χ1v) is 8.14. The van der Waals surface area contributed by atoms with Gasteiger partial charge in [0.2, 0.25) is 0 Å². The van der Waals surface area contributed by atoms with Gasteiger partial charge in [0.1, 0.15) is 0 Å². The van der Waals surface area contributed by atoms with Crippen LogP contribution < -0.4 is 10.6 Å². The highest BCUT2D eigenvalue weighted by Gasteiger charge is 2.33. The minimum absolute atomic E-state index is 0.365. The van der Waals surface area contributed by atoms with Crippen molar-refractivity contribution < 1.29 is 0 Å². The molecule has 2 saturated heterocycles. The fourth-order valence-electron chi connectivity index (χ4n) is 3.79. The van der Waals surface area contributed by atoms with Gasteiger partial charge in [-0.15, -0.1) is 0 Å². The quantitative estimate of drug-likeness (QED) is 0.911. The molecule has 0 saturated carbocycles. The zero-order valence-electron chi connectivity index (χ0n) is 13.3. The number of nitrogens with two attached hydrogens (primary N) is 1. The van der Waals surface area contributed by atoms with Crippen LogP contribution in [0.2, 0.25) is 0 Å². The fraction of sp³-hybridized carbons (Fsp3) is 0.647. The molecule has 0 spiro atoms. The Kier molecular flexibility index (Phi) is 4.48. The molecule has 2 aliphatic rings. The molecule has 2 atom stereocenters. The Hall–Kier alpha value is -1.10. The molecule has 4 nitrogen and oxygen atoms in total. The molecule has 2 fully saturated rings. The van der Waals surface area contributed by atoms with Gasteiger partial charge in [0.25, 0.3) is 0 Å². The minimum atomic E-state index is 0.365. The van der Waals surface area contributed by atoms with Crippen LogP contribution in [-0.4, -0.2) is 62.7 Å². The predicted octanol–water partition coefficient (Wildman–Crippen LogP) is 1.53. The Morgan fingerprint density at radius 1 is 1.19 bits per heavy atom. The van der Waals surface area contributed by atoms with Crippen molar-refractivity contribution in [2.24, 2.45) is 5.73 Å². The highest BCUT2D eigenvalue weighted by Crippen LogP contribution is 2.28. The lowest BCUT2D eigenvalue weighted by Gasteiger charge is -2.41. The summed E-state index contributed by atoms with van der Waals surface area (Å²) < 4.78 is 0. The molecule has 2 unspecified atom stereocenters. The lowest BCUT2D eigenvalue weighted by Crippen LogP contribution is -2.52. The maximum absolute atomic E-state index is 6.10. The van der Waals surface area contributed by atoms with Crippen molar-refractivity contribution in [3.63, 3.8) is 0 Å². The topological polar surface area (TPSA) is 35.7 Å². The van der Waals surface area contributed by atoms with Crippen LogP contribution in [0.1, 0.15) is 24.4 Å². The van der Waals surface area contributed by atoms with Crippen LogP contribution in [0.25, 0.3) is 0 Å². The van der Waals surface area contributed by atoms with Gasteiger partial charge in [-0.1, -0.05) is 12.1 Å². The Labute approximate surface area is 128 Å². The largest absolute Gasteiger partial charge is 0.378 e. The van der Waals surface area contributed by atoms with E-state index in [9.17, 15) is 0 Å². The lowest BCUT2D eigenvalue weighted by molar-refractivity contribution is 0.0737. The second-order valence-electron chi connectivity index (χ2n) is 6.56. The van der Waals surface area contributed by atoms with Crippen molar-refractivity contribution in [3.8, 4) is 0 Å². The van der Waals surface area contributed by atoms with Crippen LogP contribution in [0.3, 0.4) is 0 Å². The van der Waals surface area contributed by atoms with Crippen LogP contribution >= 0.6 is 0 Å². The summed E-state index contributed by atoms with van der Waals surface area (Å²) in [7, 11) is 4.16. The van der Waals surface area contributed by atoms with E-state index in [4.69, 9.17) is 5.73 Å². The molecule has 0 bridgehead atoms. The molecule has 2 aliphatic heterocycles. The Morgan fingerprint density at radius 3 is 2.62 bits per heavy atom. The highest BCUT2D eigenvalue weighted by molar-refractivity contribution is 5.46. The highest BCUT2D eigenvalue weighted by atomic mass is 15.3. The van der Waals surface area contributed by atoms with Crippen molar-refractivity contribution in [2.45, 2.75) is 24.9 Å². The molecule has 116 valence electrons. The summed E-state index contributed by atoms with van der Waals surface area (Å²) in [4.78, 5) is 7.38. The summed E-state index contributed by atoms with van der Waals surface area (Å²) in [5.74, 6) is 0. The van der Waals surface area contributed by atoms with E-state index in [1.807, 2.05) is 0 Å². The summed E-state index contributed by atoms with van der Waals surface area (Å²) >= 11 is 0. The van der Waals surface area contributed by atoms with E-state index < -0.39 is 0 Å². The van der Waals surface area contributed by atoms with E-state index in [-0.39, 0.29) is 0 Å². The van der Waals surface area contributed by atoms with Gasteiger partial charge in [-0.3, -0.25) is 9.80 Å². The molecule has 3 rings (SSSR count). The Bertz CT molecular complexity index is 456. The first kappa shape index (κ1) is 14.8. The molecule has 0 amide bonds. The second-order valence-corrected chi connectivity index (χ2v) is 6.56. The van der Waals surface area contributed by atoms with Crippen LogP contribution in [0.5, 0.6) is 0 Å². The standard InChI is InChI=1S/C17H28N4/c1-19(2)15-7-5-14(6-8-15)17(12-18)21-11-10-20-9-3-4-16(20)13-21/h5-8,16-17H,3-4,9-13,18H2,1-2H3. The first-order valence-electron chi connectivity index (χ1n) is 8.14. The summed E-state index contributed by atoms with van der Waals surface area (Å²) in [5, 5.41) is 0. The summed E-state index contributed by atoms with van der Waals surface area (Å²) in [6.45, 7) is 5.53. The number of nitrogens with zero attached hydrogens (tertiary/aromatic N) is 3. The van der Waals surface area contributed by atoms with Gasteiger partial charge in [-0.2, -0.15) is 0 Å². The number of piperazine rings is 1. The lowest BCUT2D eigenvalue weighted by atomic mass is 10.0. The average molecular weight is 288 g/mol. The van der Waals surface area contributed by atoms with E-state index in [1.165, 1.54) is 43.7 Å². The molecule has 1 aromatic rings. The summed E-state index contributed by atoms with van der Waals surface area (Å²) in [6.07, 6.45) is 2.72. The van der Waals surface area contributed by atoms with Crippen molar-refractivity contribution in [1.82, 2.24) is 9.80 Å². The van der Waals surface area contributed by atoms with Gasteiger partial charge in [0.15, 0.2) is 0 Å². The third kappa shape index (κ3) is 3.07. The fourth-order valence-corrected chi connectivity index (χ4v) is 3.79. The molecular formula is C17H28N4. The number of anilines is 1. The number of hydrogen-bond donors (Lipinski definition) is 1. The van der Waals surface area contributed by atoms with Crippen LogP contribution in [0, 0.1) is 0 Å². The smallest absolute Gasteiger partial charge is 0.0471 e. The van der Waals surface area contributed by atoms with Crippen molar-refractivity contribution in [2.75, 3.05) is 51.7 Å². The van der Waals surface area contributed by atoms with E-state index >= 15 is 0 Å². The molecule has 0 aliphatic carbocycles. The molecule has 2 N–H and O–H groups in total. The number of rotatable bonds is 4. The predicted molar refractivity (Wildman–Crippen MR) is 88.7 cm³/mol. The second kappa shape index (κ2) is 6.34. The molecule has 2 heterocycles. The van der Waals surface area contributed by atoms with Crippen LogP contribution in [0.15, 0.2) is 24.3 Å². The number of fused-ring (bicyclic) bond motifs is 1. The van der Waals surface area contributed by atoms with E-state index in [1.54, 1.807) is 0 Å². The molecule has 4 heteroatoms. The molecule has 21 heavy (non-hydrogen) atoms. The van der Waals surface area contributed by atoms with E-state index in [0.717, 1.165) is 12.6 Å². The van der Waals surface area contributed by atoms with Gasteiger partial charge in [0, 0.05) is 58.0 Å². The summed E-state index contributed by atoms with van der Waals surface area (Å²) in [6, 6.07) is 10.0. The molecule has 1 aromatic carbocycles. The van der Waals surface area contributed by atoms with Crippen molar-refractivity contribution in [3.05, 3.63) is 29.8 Å². The van der Waals surface area contributed by atoms with Crippen LogP contribution in [-0.2, 0) is 0 Å². The molecule has 0 radical (unpaired) electrons. The third-order valence-corrected chi connectivity index (χ3v) is 5.08. The molecule has 0 aromatic heterocycles. The number of benzene rings is 1. The van der Waals surface area contributed by atoms with Crippen molar-refractivity contribution >= 4 is 5.69 Å². The number of hydrogen-bond acceptors (Lipinski definition) is 4. The monoisotopic (exact) mass is 288 g/mol. The van der Waals surface area contributed by atoms with Crippen LogP contribution in [0.4, 0.5) is 5.69 Å². The van der Waals surface area contributed by atoms with E-state index in [2.05, 4.69) is 53.1 Å². The van der Waals surface area contributed by atoms with Gasteiger partial charge >= 0.3 is 0 Å². The van der Waals surface area contributed by atoms with E-state index in [0.29, 0.717) is 12.6 Å². The van der Waals surface area contributed by atoms with Gasteiger partial charge in [-0.25, -0.2) is 0 Å². The normalized spacial score (nSPS) is 24.8. The maximum Gasteiger partial charge on any atom is 0.0471 e. The van der Waals surface area contributed by atoms with Gasteiger partial charge in [0.05, 0.1) is 0 Å². The first-order chi connectivity index (χ1) is 10.2. The summed E-state index contributed by atoms with van der Waals surface area (Å²) in [5.41, 5.74) is 8.71. The average Bonchev–Trinajstić information content (AvgIpc) is 2.96.